The summed E-state index contributed by atoms with van der Waals surface area (Å²) in [5, 5.41) is 14.5. The van der Waals surface area contributed by atoms with E-state index in [1.807, 2.05) is 42.7 Å². The molecule has 61 heavy (non-hydrogen) atoms. The molecule has 0 atom stereocenters. The average Bonchev–Trinajstić information content (AvgIpc) is 4.03. The highest BCUT2D eigenvalue weighted by Gasteiger charge is 2.21. The van der Waals surface area contributed by atoms with Crippen LogP contribution in [0.25, 0.3) is 106 Å². The Bertz CT molecular complexity index is 3370. The lowest BCUT2D eigenvalue weighted by Crippen LogP contribution is -2.03. The van der Waals surface area contributed by atoms with Gasteiger partial charge in [0.2, 0.25) is 0 Å². The van der Waals surface area contributed by atoms with E-state index < -0.39 is 0 Å². The van der Waals surface area contributed by atoms with Gasteiger partial charge < -0.3 is 0 Å². The fourth-order valence-electron chi connectivity index (χ4n) is 8.90. The molecule has 0 spiro atoms. The van der Waals surface area contributed by atoms with E-state index in [-0.39, 0.29) is 0 Å². The second-order valence-corrected chi connectivity index (χ2v) is 15.2. The van der Waals surface area contributed by atoms with Crippen molar-refractivity contribution in [1.29, 1.82) is 0 Å². The van der Waals surface area contributed by atoms with Crippen molar-refractivity contribution in [2.24, 2.45) is 0 Å². The smallest absolute Gasteiger partial charge is 0.169 e. The van der Waals surface area contributed by atoms with E-state index in [0.29, 0.717) is 11.6 Å². The minimum absolute atomic E-state index is 0.709. The second kappa shape index (κ2) is 14.1. The van der Waals surface area contributed by atoms with Crippen molar-refractivity contribution in [3.63, 3.8) is 0 Å². The Kier molecular flexibility index (Phi) is 8.03. The van der Waals surface area contributed by atoms with Crippen LogP contribution in [0.2, 0.25) is 0 Å². The first-order chi connectivity index (χ1) is 30.3. The van der Waals surface area contributed by atoms with Crippen LogP contribution in [-0.2, 0) is 0 Å². The van der Waals surface area contributed by atoms with Crippen LogP contribution in [0.1, 0.15) is 0 Å². The molecule has 0 bridgehead atoms. The lowest BCUT2D eigenvalue weighted by atomic mass is 10.0. The molecule has 5 aromatic heterocycles. The Morgan fingerprint density at radius 1 is 0.279 bits per heavy atom. The van der Waals surface area contributed by atoms with Crippen LogP contribution in [0, 0.1) is 0 Å². The number of para-hydroxylation sites is 3. The molecule has 0 radical (unpaired) electrons. The third-order valence-electron chi connectivity index (χ3n) is 11.7. The zero-order chi connectivity index (χ0) is 40.3. The van der Waals surface area contributed by atoms with Crippen LogP contribution in [0.15, 0.2) is 213 Å². The minimum atomic E-state index is 0.709. The van der Waals surface area contributed by atoms with Crippen molar-refractivity contribution in [1.82, 2.24) is 33.9 Å². The van der Waals surface area contributed by atoms with Gasteiger partial charge in [-0.05, 0) is 95.1 Å². The maximum Gasteiger partial charge on any atom is 0.169 e. The third kappa shape index (κ3) is 5.74. The largest absolute Gasteiger partial charge is 0.294 e. The molecule has 0 N–H and O–H groups in total. The van der Waals surface area contributed by atoms with Crippen molar-refractivity contribution in [3.8, 4) is 62.4 Å². The molecule has 12 rings (SSSR count). The van der Waals surface area contributed by atoms with E-state index in [0.717, 1.165) is 50.5 Å². The fraction of sp³-hybridized carbons (Fsp3) is 0. The minimum Gasteiger partial charge on any atom is -0.294 e. The summed E-state index contributed by atoms with van der Waals surface area (Å²) in [5.74, 6) is 3.02. The van der Waals surface area contributed by atoms with E-state index in [1.54, 1.807) is 0 Å². The third-order valence-corrected chi connectivity index (χ3v) is 11.7. The zero-order valence-electron chi connectivity index (χ0n) is 32.8. The molecular weight excluding hydrogens is 747 g/mol. The van der Waals surface area contributed by atoms with Gasteiger partial charge in [-0.1, -0.05) is 127 Å². The van der Waals surface area contributed by atoms with Crippen LogP contribution < -0.4 is 0 Å². The maximum absolute atomic E-state index is 4.96. The number of aromatic nitrogens is 7. The van der Waals surface area contributed by atoms with Gasteiger partial charge in [-0.15, -0.1) is 10.2 Å². The highest BCUT2D eigenvalue weighted by Crippen LogP contribution is 2.38. The average molecular weight is 782 g/mol. The molecule has 7 aromatic carbocycles. The summed E-state index contributed by atoms with van der Waals surface area (Å²) in [6.45, 7) is 0. The van der Waals surface area contributed by atoms with Gasteiger partial charge in [-0.2, -0.15) is 0 Å². The Morgan fingerprint density at radius 3 is 1.16 bits per heavy atom. The van der Waals surface area contributed by atoms with Gasteiger partial charge in [-0.25, -0.2) is 9.97 Å². The van der Waals surface area contributed by atoms with Gasteiger partial charge in [0.15, 0.2) is 11.6 Å². The van der Waals surface area contributed by atoms with Crippen molar-refractivity contribution in [2.75, 3.05) is 0 Å². The SMILES string of the molecule is c1ccc(-c2ccc3c(c2)c2ccccc2n3-c2cc(-c3nnc(-c4ccnc(-n5c6ccccc6c6cc(-c7ccccc7)ccc65)c4)n3-c3ccccc3)ccn2)cc1. The van der Waals surface area contributed by atoms with E-state index in [9.17, 15) is 0 Å². The molecule has 0 aliphatic carbocycles. The number of rotatable bonds is 7. The molecule has 0 aliphatic heterocycles. The second-order valence-electron chi connectivity index (χ2n) is 15.2. The van der Waals surface area contributed by atoms with Gasteiger partial charge in [0, 0.05) is 50.8 Å². The number of pyridine rings is 2. The van der Waals surface area contributed by atoms with Crippen LogP contribution in [-0.4, -0.2) is 33.9 Å². The summed E-state index contributed by atoms with van der Waals surface area (Å²) in [6, 6.07) is 70.1. The van der Waals surface area contributed by atoms with Gasteiger partial charge in [0.05, 0.1) is 22.1 Å². The fourth-order valence-corrected chi connectivity index (χ4v) is 8.90. The quantitative estimate of drug-likeness (QED) is 0.161. The molecule has 0 aliphatic rings. The Morgan fingerprint density at radius 2 is 0.689 bits per heavy atom. The van der Waals surface area contributed by atoms with Crippen molar-refractivity contribution >= 4 is 43.6 Å². The van der Waals surface area contributed by atoms with Gasteiger partial charge in [-0.3, -0.25) is 13.7 Å². The molecule has 286 valence electrons. The molecule has 0 saturated carbocycles. The molecule has 12 aromatic rings. The molecule has 0 unspecified atom stereocenters. The number of benzene rings is 7. The Hall–Kier alpha value is -8.42. The highest BCUT2D eigenvalue weighted by atomic mass is 15.3. The van der Waals surface area contributed by atoms with Crippen LogP contribution in [0.3, 0.4) is 0 Å². The summed E-state index contributed by atoms with van der Waals surface area (Å²) in [7, 11) is 0. The number of fused-ring (bicyclic) bond motifs is 6. The molecule has 0 saturated heterocycles. The van der Waals surface area contributed by atoms with E-state index in [2.05, 4.69) is 184 Å². The van der Waals surface area contributed by atoms with Gasteiger partial charge in [0.25, 0.3) is 0 Å². The van der Waals surface area contributed by atoms with Crippen LogP contribution in [0.4, 0.5) is 0 Å². The Balaban J connectivity index is 0.998. The lowest BCUT2D eigenvalue weighted by Gasteiger charge is -2.13. The summed E-state index contributed by atoms with van der Waals surface area (Å²) in [4.78, 5) is 9.92. The number of hydrogen-bond acceptors (Lipinski definition) is 4. The normalized spacial score (nSPS) is 11.6. The zero-order valence-corrected chi connectivity index (χ0v) is 32.8. The molecule has 0 amide bonds. The molecular formula is C54H35N7. The van der Waals surface area contributed by atoms with Crippen molar-refractivity contribution in [3.05, 3.63) is 213 Å². The predicted octanol–water partition coefficient (Wildman–Crippen LogP) is 12.9. The van der Waals surface area contributed by atoms with E-state index in [1.165, 1.54) is 43.8 Å². The molecule has 7 heteroatoms. The first-order valence-corrected chi connectivity index (χ1v) is 20.4. The topological polar surface area (TPSA) is 66.3 Å². The Labute approximate surface area is 351 Å². The molecule has 5 heterocycles. The van der Waals surface area contributed by atoms with E-state index in [4.69, 9.17) is 20.2 Å². The lowest BCUT2D eigenvalue weighted by molar-refractivity contribution is 1.05. The summed E-state index contributed by atoms with van der Waals surface area (Å²) in [5.41, 5.74) is 11.8. The van der Waals surface area contributed by atoms with Crippen LogP contribution >= 0.6 is 0 Å². The molecule has 7 nitrogen and oxygen atoms in total. The first kappa shape index (κ1) is 34.6. The monoisotopic (exact) mass is 781 g/mol. The van der Waals surface area contributed by atoms with Gasteiger partial charge >= 0.3 is 0 Å². The predicted molar refractivity (Wildman–Crippen MR) is 247 cm³/mol. The summed E-state index contributed by atoms with van der Waals surface area (Å²) < 4.78 is 6.63. The highest BCUT2D eigenvalue weighted by molar-refractivity contribution is 6.11. The van der Waals surface area contributed by atoms with Crippen LogP contribution in [0.5, 0.6) is 0 Å². The van der Waals surface area contributed by atoms with Crippen molar-refractivity contribution < 1.29 is 0 Å². The summed E-state index contributed by atoms with van der Waals surface area (Å²) in [6.07, 6.45) is 3.73. The summed E-state index contributed by atoms with van der Waals surface area (Å²) >= 11 is 0. The first-order valence-electron chi connectivity index (χ1n) is 20.4. The maximum atomic E-state index is 4.96. The van der Waals surface area contributed by atoms with E-state index >= 15 is 0 Å². The molecule has 0 fully saturated rings. The van der Waals surface area contributed by atoms with Gasteiger partial charge in [0.1, 0.15) is 11.6 Å². The van der Waals surface area contributed by atoms with Crippen molar-refractivity contribution in [2.45, 2.75) is 0 Å². The number of nitrogens with zero attached hydrogens (tertiary/aromatic N) is 7. The number of hydrogen-bond donors (Lipinski definition) is 0. The standard InChI is InChI=1S/C54H35N7/c1-4-14-36(15-5-1)38-24-26-49-45(32-38)43-20-10-12-22-47(43)60(49)51-34-40(28-30-55-51)53-57-58-54(59(53)42-18-8-3-9-19-42)41-29-31-56-52(35-41)61-48-23-13-11-21-44(48)46-33-39(25-27-50(46)61)37-16-6-2-7-17-37/h1-35H.